The summed E-state index contributed by atoms with van der Waals surface area (Å²) in [6.07, 6.45) is 8.06. The maximum absolute atomic E-state index is 12.6. The highest BCUT2D eigenvalue weighted by Crippen LogP contribution is 2.39. The molecule has 4 heteroatoms. The van der Waals surface area contributed by atoms with Crippen molar-refractivity contribution >= 4 is 18.3 Å². The molecule has 2 unspecified atom stereocenters. The predicted molar refractivity (Wildman–Crippen MR) is 97.0 cm³/mol. The summed E-state index contributed by atoms with van der Waals surface area (Å²) < 4.78 is 0. The van der Waals surface area contributed by atoms with E-state index in [4.69, 9.17) is 5.73 Å². The maximum Gasteiger partial charge on any atom is 0.251 e. The highest BCUT2D eigenvalue weighted by molar-refractivity contribution is 5.94. The Balaban J connectivity index is 0.00000192. The molecule has 0 radical (unpaired) electrons. The highest BCUT2D eigenvalue weighted by Gasteiger charge is 2.39. The fourth-order valence-corrected chi connectivity index (χ4v) is 4.37. The van der Waals surface area contributed by atoms with Crippen LogP contribution in [-0.4, -0.2) is 18.0 Å². The molecule has 2 bridgehead atoms. The lowest BCUT2D eigenvalue weighted by atomic mass is 9.67. The van der Waals surface area contributed by atoms with Crippen LogP contribution in [0.25, 0.3) is 0 Å². The quantitative estimate of drug-likeness (QED) is 0.880. The lowest BCUT2D eigenvalue weighted by Gasteiger charge is -2.45. The van der Waals surface area contributed by atoms with E-state index in [1.165, 1.54) is 24.8 Å². The van der Waals surface area contributed by atoms with E-state index in [-0.39, 0.29) is 18.3 Å². The van der Waals surface area contributed by atoms with E-state index >= 15 is 0 Å². The monoisotopic (exact) mass is 336 g/mol. The van der Waals surface area contributed by atoms with Gasteiger partial charge >= 0.3 is 0 Å². The molecule has 3 rings (SSSR count). The van der Waals surface area contributed by atoms with Crippen LogP contribution in [-0.2, 0) is 6.42 Å². The molecule has 0 aromatic heterocycles. The van der Waals surface area contributed by atoms with E-state index in [1.807, 2.05) is 12.1 Å². The molecule has 2 saturated carbocycles. The van der Waals surface area contributed by atoms with Gasteiger partial charge in [0.15, 0.2) is 0 Å². The molecule has 2 aliphatic carbocycles. The van der Waals surface area contributed by atoms with E-state index in [0.717, 1.165) is 31.2 Å². The van der Waals surface area contributed by atoms with Crippen molar-refractivity contribution in [2.45, 2.75) is 64.0 Å². The summed E-state index contributed by atoms with van der Waals surface area (Å²) in [5.41, 5.74) is 8.25. The van der Waals surface area contributed by atoms with Gasteiger partial charge in [-0.05, 0) is 61.6 Å². The molecule has 3 nitrogen and oxygen atoms in total. The number of fused-ring (bicyclic) bond motifs is 2. The zero-order chi connectivity index (χ0) is 15.5. The van der Waals surface area contributed by atoms with E-state index in [0.29, 0.717) is 23.9 Å². The Hall–Kier alpha value is -1.06. The first kappa shape index (κ1) is 18.3. The molecular formula is C19H29ClN2O. The van der Waals surface area contributed by atoms with Crippen LogP contribution >= 0.6 is 12.4 Å². The summed E-state index contributed by atoms with van der Waals surface area (Å²) in [4.78, 5) is 12.6. The number of nitrogens with one attached hydrogen (secondary N) is 1. The number of carbonyl (C=O) groups excluding carboxylic acids is 1. The van der Waals surface area contributed by atoms with Crippen LogP contribution in [0.15, 0.2) is 24.3 Å². The minimum atomic E-state index is 0. The maximum atomic E-state index is 12.6. The Bertz CT molecular complexity index is 503. The van der Waals surface area contributed by atoms with Gasteiger partial charge in [-0.15, -0.1) is 12.4 Å². The minimum absolute atomic E-state index is 0. The van der Waals surface area contributed by atoms with E-state index in [9.17, 15) is 4.79 Å². The van der Waals surface area contributed by atoms with Crippen molar-refractivity contribution in [1.82, 2.24) is 5.32 Å². The van der Waals surface area contributed by atoms with Gasteiger partial charge in [0.2, 0.25) is 0 Å². The molecule has 128 valence electrons. The number of rotatable bonds is 4. The SMILES string of the molecule is CCCc1ccc(C(=O)NC2C3CCCC2CC(N)C3)cc1.Cl. The highest BCUT2D eigenvalue weighted by atomic mass is 35.5. The van der Waals surface area contributed by atoms with Gasteiger partial charge in [-0.3, -0.25) is 4.79 Å². The zero-order valence-corrected chi connectivity index (χ0v) is 14.8. The van der Waals surface area contributed by atoms with Crippen LogP contribution in [0, 0.1) is 11.8 Å². The standard InChI is InChI=1S/C19H28N2O.ClH/c1-2-4-13-7-9-14(10-8-13)19(22)21-18-15-5-3-6-16(18)12-17(20)11-15;/h7-10,15-18H,2-6,11-12,20H2,1H3,(H,21,22);1H. The number of hydrogen-bond acceptors (Lipinski definition) is 2. The molecule has 0 heterocycles. The molecule has 3 N–H and O–H groups in total. The second kappa shape index (κ2) is 8.16. The Morgan fingerprint density at radius 1 is 1.17 bits per heavy atom. The molecule has 2 fully saturated rings. The minimum Gasteiger partial charge on any atom is -0.349 e. The number of hydrogen-bond donors (Lipinski definition) is 2. The van der Waals surface area contributed by atoms with Crippen LogP contribution in [0.5, 0.6) is 0 Å². The van der Waals surface area contributed by atoms with Crippen LogP contribution in [0.3, 0.4) is 0 Å². The lowest BCUT2D eigenvalue weighted by Crippen LogP contribution is -2.53. The van der Waals surface area contributed by atoms with Crippen molar-refractivity contribution < 1.29 is 4.79 Å². The lowest BCUT2D eigenvalue weighted by molar-refractivity contribution is 0.0756. The van der Waals surface area contributed by atoms with Gasteiger partial charge in [0.05, 0.1) is 0 Å². The van der Waals surface area contributed by atoms with Crippen molar-refractivity contribution in [3.63, 3.8) is 0 Å². The molecule has 23 heavy (non-hydrogen) atoms. The molecule has 1 aromatic carbocycles. The molecule has 0 spiro atoms. The third-order valence-electron chi connectivity index (χ3n) is 5.43. The topological polar surface area (TPSA) is 55.1 Å². The summed E-state index contributed by atoms with van der Waals surface area (Å²) in [7, 11) is 0. The van der Waals surface area contributed by atoms with E-state index in [1.54, 1.807) is 0 Å². The average molecular weight is 337 g/mol. The Labute approximate surface area is 145 Å². The summed E-state index contributed by atoms with van der Waals surface area (Å²) in [6.45, 7) is 2.17. The molecule has 0 aliphatic heterocycles. The number of carbonyl (C=O) groups is 1. The van der Waals surface area contributed by atoms with Crippen molar-refractivity contribution in [1.29, 1.82) is 0 Å². The second-order valence-corrected chi connectivity index (χ2v) is 7.13. The summed E-state index contributed by atoms with van der Waals surface area (Å²) in [5.74, 6) is 1.23. The summed E-state index contributed by atoms with van der Waals surface area (Å²) in [6, 6.07) is 8.75. The van der Waals surface area contributed by atoms with E-state index < -0.39 is 0 Å². The van der Waals surface area contributed by atoms with Gasteiger partial charge in [-0.2, -0.15) is 0 Å². The number of amides is 1. The van der Waals surface area contributed by atoms with Gasteiger partial charge in [0.1, 0.15) is 0 Å². The largest absolute Gasteiger partial charge is 0.349 e. The van der Waals surface area contributed by atoms with Gasteiger partial charge in [0.25, 0.3) is 5.91 Å². The Morgan fingerprint density at radius 2 is 1.78 bits per heavy atom. The Kier molecular flexibility index (Phi) is 6.49. The fourth-order valence-electron chi connectivity index (χ4n) is 4.37. The van der Waals surface area contributed by atoms with Crippen LogP contribution in [0.4, 0.5) is 0 Å². The normalized spacial score (nSPS) is 29.5. The Morgan fingerprint density at radius 3 is 2.35 bits per heavy atom. The van der Waals surface area contributed by atoms with Gasteiger partial charge in [-0.25, -0.2) is 0 Å². The smallest absolute Gasteiger partial charge is 0.251 e. The van der Waals surface area contributed by atoms with Crippen molar-refractivity contribution in [3.8, 4) is 0 Å². The number of nitrogens with two attached hydrogens (primary N) is 1. The van der Waals surface area contributed by atoms with Crippen molar-refractivity contribution in [2.24, 2.45) is 17.6 Å². The molecular weight excluding hydrogens is 308 g/mol. The summed E-state index contributed by atoms with van der Waals surface area (Å²) >= 11 is 0. The zero-order valence-electron chi connectivity index (χ0n) is 14.0. The average Bonchev–Trinajstić information content (AvgIpc) is 2.49. The van der Waals surface area contributed by atoms with Gasteiger partial charge in [0, 0.05) is 17.6 Å². The van der Waals surface area contributed by atoms with Crippen molar-refractivity contribution in [3.05, 3.63) is 35.4 Å². The van der Waals surface area contributed by atoms with Crippen molar-refractivity contribution in [2.75, 3.05) is 0 Å². The third-order valence-corrected chi connectivity index (χ3v) is 5.43. The van der Waals surface area contributed by atoms with Crippen LogP contribution in [0.2, 0.25) is 0 Å². The molecule has 1 aromatic rings. The first-order valence-corrected chi connectivity index (χ1v) is 8.82. The molecule has 1 amide bonds. The predicted octanol–water partition coefficient (Wildman–Crippen LogP) is 3.70. The number of aryl methyl sites for hydroxylation is 1. The van der Waals surface area contributed by atoms with Gasteiger partial charge in [-0.1, -0.05) is 31.9 Å². The first-order valence-electron chi connectivity index (χ1n) is 8.82. The fraction of sp³-hybridized carbons (Fsp3) is 0.632. The molecule has 0 saturated heterocycles. The summed E-state index contributed by atoms with van der Waals surface area (Å²) in [5, 5.41) is 3.31. The van der Waals surface area contributed by atoms with E-state index in [2.05, 4.69) is 24.4 Å². The van der Waals surface area contributed by atoms with Gasteiger partial charge < -0.3 is 11.1 Å². The first-order chi connectivity index (χ1) is 10.7. The molecule has 2 atom stereocenters. The van der Waals surface area contributed by atoms with Crippen LogP contribution < -0.4 is 11.1 Å². The number of benzene rings is 1. The van der Waals surface area contributed by atoms with Crippen LogP contribution in [0.1, 0.15) is 61.4 Å². The third kappa shape index (κ3) is 4.27. The second-order valence-electron chi connectivity index (χ2n) is 7.13. The number of halogens is 1. The molecule has 2 aliphatic rings.